The standard InChI is InChI=1S/C20H27NO4/c1-20(2,3)15-6-8-16(9-7-15)24-14-17-10-11-18(25-17)19(22)21-12-5-13-23-4/h6-11H,5,12-14H2,1-4H3,(H,21,22). The second-order valence-electron chi connectivity index (χ2n) is 6.93. The minimum Gasteiger partial charge on any atom is -0.486 e. The fourth-order valence-electron chi connectivity index (χ4n) is 2.29. The van der Waals surface area contributed by atoms with Crippen molar-refractivity contribution in [1.82, 2.24) is 5.32 Å². The summed E-state index contributed by atoms with van der Waals surface area (Å²) in [5.74, 6) is 1.45. The van der Waals surface area contributed by atoms with Crippen LogP contribution in [-0.2, 0) is 16.8 Å². The summed E-state index contributed by atoms with van der Waals surface area (Å²) < 4.78 is 16.2. The lowest BCUT2D eigenvalue weighted by atomic mass is 9.87. The first-order chi connectivity index (χ1) is 11.9. The highest BCUT2D eigenvalue weighted by Crippen LogP contribution is 2.24. The molecule has 0 radical (unpaired) electrons. The first kappa shape index (κ1) is 19.1. The van der Waals surface area contributed by atoms with Crippen LogP contribution in [0, 0.1) is 0 Å². The Bertz CT molecular complexity index is 668. The molecule has 1 N–H and O–H groups in total. The Morgan fingerprint density at radius 3 is 2.48 bits per heavy atom. The zero-order valence-corrected chi connectivity index (χ0v) is 15.4. The molecule has 0 unspecified atom stereocenters. The Balaban J connectivity index is 1.84. The Morgan fingerprint density at radius 2 is 1.84 bits per heavy atom. The molecule has 1 aromatic heterocycles. The number of furan rings is 1. The summed E-state index contributed by atoms with van der Waals surface area (Å²) in [6, 6.07) is 11.5. The molecule has 0 fully saturated rings. The number of carbonyl (C=O) groups excluding carboxylic acids is 1. The van der Waals surface area contributed by atoms with E-state index >= 15 is 0 Å². The van der Waals surface area contributed by atoms with E-state index in [1.807, 2.05) is 12.1 Å². The zero-order valence-electron chi connectivity index (χ0n) is 15.4. The quantitative estimate of drug-likeness (QED) is 0.737. The van der Waals surface area contributed by atoms with Gasteiger partial charge in [0.25, 0.3) is 5.91 Å². The summed E-state index contributed by atoms with van der Waals surface area (Å²) in [6.45, 7) is 7.98. The third-order valence-corrected chi connectivity index (χ3v) is 3.80. The molecule has 5 nitrogen and oxygen atoms in total. The number of ether oxygens (including phenoxy) is 2. The van der Waals surface area contributed by atoms with Crippen molar-refractivity contribution in [3.05, 3.63) is 53.5 Å². The number of benzene rings is 1. The molecule has 1 heterocycles. The van der Waals surface area contributed by atoms with Gasteiger partial charge in [0.05, 0.1) is 0 Å². The van der Waals surface area contributed by atoms with Gasteiger partial charge < -0.3 is 19.2 Å². The second kappa shape index (κ2) is 8.72. The predicted octanol–water partition coefficient (Wildman–Crippen LogP) is 3.92. The van der Waals surface area contributed by atoms with Crippen molar-refractivity contribution in [3.63, 3.8) is 0 Å². The normalized spacial score (nSPS) is 11.4. The fraction of sp³-hybridized carbons (Fsp3) is 0.450. The highest BCUT2D eigenvalue weighted by Gasteiger charge is 2.14. The molecule has 0 spiro atoms. The highest BCUT2D eigenvalue weighted by molar-refractivity contribution is 5.91. The smallest absolute Gasteiger partial charge is 0.286 e. The van der Waals surface area contributed by atoms with Crippen LogP contribution in [0.4, 0.5) is 0 Å². The van der Waals surface area contributed by atoms with Gasteiger partial charge >= 0.3 is 0 Å². The molecular formula is C20H27NO4. The minimum absolute atomic E-state index is 0.116. The Morgan fingerprint density at radius 1 is 1.12 bits per heavy atom. The number of hydrogen-bond donors (Lipinski definition) is 1. The molecule has 0 aliphatic rings. The van der Waals surface area contributed by atoms with Crippen LogP contribution in [0.1, 0.15) is 49.1 Å². The van der Waals surface area contributed by atoms with Gasteiger partial charge in [0, 0.05) is 20.3 Å². The van der Waals surface area contributed by atoms with Crippen LogP contribution in [0.25, 0.3) is 0 Å². The van der Waals surface area contributed by atoms with Gasteiger partial charge in [-0.05, 0) is 41.7 Å². The molecule has 25 heavy (non-hydrogen) atoms. The third kappa shape index (κ3) is 5.94. The average molecular weight is 345 g/mol. The molecule has 0 atom stereocenters. The van der Waals surface area contributed by atoms with E-state index < -0.39 is 0 Å². The minimum atomic E-state index is -0.225. The van der Waals surface area contributed by atoms with Crippen molar-refractivity contribution in [2.75, 3.05) is 20.3 Å². The summed E-state index contributed by atoms with van der Waals surface area (Å²) in [5, 5.41) is 2.79. The molecule has 2 rings (SSSR count). The molecular weight excluding hydrogens is 318 g/mol. The van der Waals surface area contributed by atoms with Crippen molar-refractivity contribution >= 4 is 5.91 Å². The molecule has 2 aromatic rings. The van der Waals surface area contributed by atoms with E-state index in [-0.39, 0.29) is 17.9 Å². The van der Waals surface area contributed by atoms with E-state index in [9.17, 15) is 4.79 Å². The van der Waals surface area contributed by atoms with Crippen LogP contribution in [0.5, 0.6) is 5.75 Å². The van der Waals surface area contributed by atoms with E-state index in [0.717, 1.165) is 12.2 Å². The van der Waals surface area contributed by atoms with E-state index in [2.05, 4.69) is 38.2 Å². The second-order valence-corrected chi connectivity index (χ2v) is 6.93. The van der Waals surface area contributed by atoms with Gasteiger partial charge in [0.2, 0.25) is 0 Å². The maximum absolute atomic E-state index is 11.9. The number of rotatable bonds is 8. The molecule has 136 valence electrons. The van der Waals surface area contributed by atoms with E-state index in [4.69, 9.17) is 13.9 Å². The number of carbonyl (C=O) groups is 1. The molecule has 0 saturated heterocycles. The Labute approximate surface area is 149 Å². The molecule has 0 saturated carbocycles. The summed E-state index contributed by atoms with van der Waals surface area (Å²) in [6.07, 6.45) is 0.767. The number of hydrogen-bond acceptors (Lipinski definition) is 4. The van der Waals surface area contributed by atoms with E-state index in [0.29, 0.717) is 24.7 Å². The van der Waals surface area contributed by atoms with Gasteiger partial charge in [-0.2, -0.15) is 0 Å². The van der Waals surface area contributed by atoms with E-state index in [1.165, 1.54) is 5.56 Å². The summed E-state index contributed by atoms with van der Waals surface area (Å²) in [7, 11) is 1.64. The molecule has 1 amide bonds. The number of amides is 1. The molecule has 0 aliphatic heterocycles. The SMILES string of the molecule is COCCCNC(=O)c1ccc(COc2ccc(C(C)(C)C)cc2)o1. The lowest BCUT2D eigenvalue weighted by Gasteiger charge is -2.19. The van der Waals surface area contributed by atoms with Gasteiger partial charge in [-0.15, -0.1) is 0 Å². The van der Waals surface area contributed by atoms with Crippen molar-refractivity contribution in [3.8, 4) is 5.75 Å². The number of methoxy groups -OCH3 is 1. The van der Waals surface area contributed by atoms with Crippen LogP contribution in [-0.4, -0.2) is 26.2 Å². The third-order valence-electron chi connectivity index (χ3n) is 3.80. The van der Waals surface area contributed by atoms with Crippen molar-refractivity contribution in [1.29, 1.82) is 0 Å². The van der Waals surface area contributed by atoms with Gasteiger partial charge in [-0.25, -0.2) is 0 Å². The average Bonchev–Trinajstić information content (AvgIpc) is 3.05. The van der Waals surface area contributed by atoms with Crippen LogP contribution in [0.3, 0.4) is 0 Å². The summed E-state index contributed by atoms with van der Waals surface area (Å²) in [4.78, 5) is 11.9. The van der Waals surface area contributed by atoms with Gasteiger partial charge in [0.1, 0.15) is 18.1 Å². The topological polar surface area (TPSA) is 60.7 Å². The fourth-order valence-corrected chi connectivity index (χ4v) is 2.29. The molecule has 5 heteroatoms. The van der Waals surface area contributed by atoms with Gasteiger partial charge in [0.15, 0.2) is 5.76 Å². The van der Waals surface area contributed by atoms with Crippen molar-refractivity contribution in [2.45, 2.75) is 39.2 Å². The lowest BCUT2D eigenvalue weighted by Crippen LogP contribution is -2.24. The van der Waals surface area contributed by atoms with E-state index in [1.54, 1.807) is 19.2 Å². The van der Waals surface area contributed by atoms with Crippen molar-refractivity contribution in [2.24, 2.45) is 0 Å². The first-order valence-corrected chi connectivity index (χ1v) is 8.49. The van der Waals surface area contributed by atoms with Crippen LogP contribution < -0.4 is 10.1 Å². The van der Waals surface area contributed by atoms with Crippen LogP contribution >= 0.6 is 0 Å². The lowest BCUT2D eigenvalue weighted by molar-refractivity contribution is 0.0917. The maximum Gasteiger partial charge on any atom is 0.286 e. The Kier molecular flexibility index (Phi) is 6.65. The number of nitrogens with one attached hydrogen (secondary N) is 1. The molecule has 1 aromatic carbocycles. The predicted molar refractivity (Wildman–Crippen MR) is 97.0 cm³/mol. The Hall–Kier alpha value is -2.27. The van der Waals surface area contributed by atoms with Crippen molar-refractivity contribution < 1.29 is 18.7 Å². The van der Waals surface area contributed by atoms with Crippen LogP contribution in [0.15, 0.2) is 40.8 Å². The summed E-state index contributed by atoms with van der Waals surface area (Å²) >= 11 is 0. The first-order valence-electron chi connectivity index (χ1n) is 8.49. The molecule has 0 bridgehead atoms. The monoisotopic (exact) mass is 345 g/mol. The van der Waals surface area contributed by atoms with Gasteiger partial charge in [-0.3, -0.25) is 4.79 Å². The van der Waals surface area contributed by atoms with Gasteiger partial charge in [-0.1, -0.05) is 32.9 Å². The maximum atomic E-state index is 11.9. The molecule has 0 aliphatic carbocycles. The highest BCUT2D eigenvalue weighted by atomic mass is 16.5. The zero-order chi connectivity index (χ0) is 18.3. The van der Waals surface area contributed by atoms with Crippen LogP contribution in [0.2, 0.25) is 0 Å². The summed E-state index contributed by atoms with van der Waals surface area (Å²) in [5.41, 5.74) is 1.37. The largest absolute Gasteiger partial charge is 0.486 e.